The molecule has 0 bridgehead atoms. The number of phenolic OH excluding ortho intramolecular Hbond substituents is 1. The standard InChI is InChI=1S/C16H25NO2/c1-12(17(2)11-13-6-4-5-7-13)15-9-8-14(19-3)10-16(15)18/h8-10,12-13,18H,4-7,11H2,1-3H3. The first-order valence-electron chi connectivity index (χ1n) is 7.19. The summed E-state index contributed by atoms with van der Waals surface area (Å²) in [4.78, 5) is 2.34. The fourth-order valence-electron chi connectivity index (χ4n) is 3.00. The van der Waals surface area contributed by atoms with Crippen molar-refractivity contribution in [2.45, 2.75) is 38.6 Å². The van der Waals surface area contributed by atoms with Gasteiger partial charge in [0.25, 0.3) is 0 Å². The number of methoxy groups -OCH3 is 1. The number of rotatable bonds is 5. The number of ether oxygens (including phenoxy) is 1. The molecule has 0 heterocycles. The zero-order chi connectivity index (χ0) is 13.8. The Bertz CT molecular complexity index is 413. The van der Waals surface area contributed by atoms with Crippen LogP contribution in [0.3, 0.4) is 0 Å². The van der Waals surface area contributed by atoms with Gasteiger partial charge in [0.2, 0.25) is 0 Å². The van der Waals surface area contributed by atoms with Gasteiger partial charge in [-0.05, 0) is 38.8 Å². The summed E-state index contributed by atoms with van der Waals surface area (Å²) in [5, 5.41) is 10.1. The number of hydrogen-bond donors (Lipinski definition) is 1. The van der Waals surface area contributed by atoms with Crippen LogP contribution < -0.4 is 4.74 Å². The number of aromatic hydroxyl groups is 1. The third kappa shape index (κ3) is 3.41. The Labute approximate surface area is 116 Å². The number of hydrogen-bond acceptors (Lipinski definition) is 3. The maximum atomic E-state index is 10.1. The van der Waals surface area contributed by atoms with Crippen LogP contribution in [0.5, 0.6) is 11.5 Å². The second-order valence-electron chi connectivity index (χ2n) is 5.69. The highest BCUT2D eigenvalue weighted by Crippen LogP contribution is 2.33. The average Bonchev–Trinajstić information content (AvgIpc) is 2.90. The van der Waals surface area contributed by atoms with Gasteiger partial charge in [-0.25, -0.2) is 0 Å². The molecule has 1 aromatic carbocycles. The Morgan fingerprint density at radius 2 is 2.05 bits per heavy atom. The summed E-state index contributed by atoms with van der Waals surface area (Å²) in [6.07, 6.45) is 5.46. The quantitative estimate of drug-likeness (QED) is 0.881. The molecule has 3 nitrogen and oxygen atoms in total. The minimum atomic E-state index is 0.228. The van der Waals surface area contributed by atoms with E-state index in [1.54, 1.807) is 13.2 Å². The highest BCUT2D eigenvalue weighted by molar-refractivity contribution is 5.41. The summed E-state index contributed by atoms with van der Waals surface area (Å²) < 4.78 is 5.12. The fraction of sp³-hybridized carbons (Fsp3) is 0.625. The summed E-state index contributed by atoms with van der Waals surface area (Å²) in [5.41, 5.74) is 0.973. The maximum Gasteiger partial charge on any atom is 0.124 e. The van der Waals surface area contributed by atoms with Crippen LogP contribution in [0.1, 0.15) is 44.2 Å². The lowest BCUT2D eigenvalue weighted by Crippen LogP contribution is -2.27. The van der Waals surface area contributed by atoms with Crippen LogP contribution in [0, 0.1) is 5.92 Å². The molecular formula is C16H25NO2. The van der Waals surface area contributed by atoms with E-state index in [1.165, 1.54) is 25.7 Å². The molecule has 1 N–H and O–H groups in total. The van der Waals surface area contributed by atoms with Crippen molar-refractivity contribution in [2.24, 2.45) is 5.92 Å². The monoisotopic (exact) mass is 263 g/mol. The minimum Gasteiger partial charge on any atom is -0.507 e. The van der Waals surface area contributed by atoms with Crippen molar-refractivity contribution in [3.63, 3.8) is 0 Å². The van der Waals surface area contributed by atoms with Crippen molar-refractivity contribution in [2.75, 3.05) is 20.7 Å². The van der Waals surface area contributed by atoms with E-state index in [-0.39, 0.29) is 6.04 Å². The molecule has 0 saturated heterocycles. The Hall–Kier alpha value is -1.22. The van der Waals surface area contributed by atoms with Gasteiger partial charge in [0.1, 0.15) is 11.5 Å². The average molecular weight is 263 g/mol. The molecule has 0 spiro atoms. The van der Waals surface area contributed by atoms with Gasteiger partial charge in [-0.1, -0.05) is 18.9 Å². The van der Waals surface area contributed by atoms with E-state index in [4.69, 9.17) is 4.74 Å². The third-order valence-electron chi connectivity index (χ3n) is 4.37. The smallest absolute Gasteiger partial charge is 0.124 e. The predicted molar refractivity (Wildman–Crippen MR) is 77.7 cm³/mol. The van der Waals surface area contributed by atoms with E-state index >= 15 is 0 Å². The molecule has 0 aliphatic heterocycles. The van der Waals surface area contributed by atoms with Crippen molar-refractivity contribution < 1.29 is 9.84 Å². The molecule has 3 heteroatoms. The van der Waals surface area contributed by atoms with Crippen molar-refractivity contribution >= 4 is 0 Å². The Morgan fingerprint density at radius 3 is 2.63 bits per heavy atom. The van der Waals surface area contributed by atoms with E-state index in [9.17, 15) is 5.11 Å². The minimum absolute atomic E-state index is 0.228. The molecular weight excluding hydrogens is 238 g/mol. The molecule has 1 aliphatic carbocycles. The van der Waals surface area contributed by atoms with Gasteiger partial charge >= 0.3 is 0 Å². The molecule has 1 saturated carbocycles. The topological polar surface area (TPSA) is 32.7 Å². The first kappa shape index (κ1) is 14.2. The summed E-state index contributed by atoms with van der Waals surface area (Å²) >= 11 is 0. The normalized spacial score (nSPS) is 17.9. The molecule has 1 atom stereocenters. The summed E-state index contributed by atoms with van der Waals surface area (Å²) in [6, 6.07) is 5.79. The molecule has 1 aromatic rings. The van der Waals surface area contributed by atoms with Crippen LogP contribution >= 0.6 is 0 Å². The van der Waals surface area contributed by atoms with Crippen LogP contribution in [0.15, 0.2) is 18.2 Å². The maximum absolute atomic E-state index is 10.1. The molecule has 0 radical (unpaired) electrons. The second-order valence-corrected chi connectivity index (χ2v) is 5.69. The molecule has 2 rings (SSSR count). The van der Waals surface area contributed by atoms with E-state index in [1.807, 2.05) is 12.1 Å². The van der Waals surface area contributed by atoms with Gasteiger partial charge in [0.05, 0.1) is 7.11 Å². The van der Waals surface area contributed by atoms with Gasteiger partial charge in [-0.15, -0.1) is 0 Å². The Kier molecular flexibility index (Phi) is 4.70. The van der Waals surface area contributed by atoms with E-state index in [0.29, 0.717) is 11.5 Å². The second kappa shape index (κ2) is 6.29. The number of phenols is 1. The lowest BCUT2D eigenvalue weighted by molar-refractivity contribution is 0.217. The summed E-state index contributed by atoms with van der Waals surface area (Å²) in [5.74, 6) is 1.85. The van der Waals surface area contributed by atoms with Crippen LogP contribution in [0.25, 0.3) is 0 Å². The van der Waals surface area contributed by atoms with E-state index < -0.39 is 0 Å². The molecule has 1 aliphatic rings. The van der Waals surface area contributed by atoms with E-state index in [2.05, 4.69) is 18.9 Å². The molecule has 19 heavy (non-hydrogen) atoms. The van der Waals surface area contributed by atoms with Crippen LogP contribution in [0.2, 0.25) is 0 Å². The zero-order valence-corrected chi connectivity index (χ0v) is 12.2. The van der Waals surface area contributed by atoms with Gasteiger partial charge in [-0.3, -0.25) is 4.90 Å². The van der Waals surface area contributed by atoms with Crippen molar-refractivity contribution in [3.8, 4) is 11.5 Å². The molecule has 0 amide bonds. The third-order valence-corrected chi connectivity index (χ3v) is 4.37. The molecule has 0 aromatic heterocycles. The predicted octanol–water partition coefficient (Wildman–Crippen LogP) is 3.58. The largest absolute Gasteiger partial charge is 0.507 e. The van der Waals surface area contributed by atoms with Crippen molar-refractivity contribution in [1.29, 1.82) is 0 Å². The van der Waals surface area contributed by atoms with Crippen LogP contribution in [-0.4, -0.2) is 30.7 Å². The first-order valence-corrected chi connectivity index (χ1v) is 7.19. The highest BCUT2D eigenvalue weighted by Gasteiger charge is 2.21. The van der Waals surface area contributed by atoms with Gasteiger partial charge in [0.15, 0.2) is 0 Å². The molecule has 106 valence electrons. The first-order chi connectivity index (χ1) is 9.11. The van der Waals surface area contributed by atoms with Gasteiger partial charge in [0, 0.05) is 24.2 Å². The Balaban J connectivity index is 2.03. The van der Waals surface area contributed by atoms with Crippen LogP contribution in [-0.2, 0) is 0 Å². The zero-order valence-electron chi connectivity index (χ0n) is 12.2. The van der Waals surface area contributed by atoms with Crippen molar-refractivity contribution in [1.82, 2.24) is 4.90 Å². The van der Waals surface area contributed by atoms with Gasteiger partial charge in [-0.2, -0.15) is 0 Å². The number of nitrogens with zero attached hydrogens (tertiary/aromatic N) is 1. The molecule has 1 unspecified atom stereocenters. The Morgan fingerprint density at radius 1 is 1.37 bits per heavy atom. The number of benzene rings is 1. The van der Waals surface area contributed by atoms with Crippen molar-refractivity contribution in [3.05, 3.63) is 23.8 Å². The fourth-order valence-corrected chi connectivity index (χ4v) is 3.00. The lowest BCUT2D eigenvalue weighted by atomic mass is 10.0. The SMILES string of the molecule is COc1ccc(C(C)N(C)CC2CCCC2)c(O)c1. The summed E-state index contributed by atoms with van der Waals surface area (Å²) in [7, 11) is 3.76. The summed E-state index contributed by atoms with van der Waals surface area (Å²) in [6.45, 7) is 3.27. The lowest BCUT2D eigenvalue weighted by Gasteiger charge is -2.28. The highest BCUT2D eigenvalue weighted by atomic mass is 16.5. The van der Waals surface area contributed by atoms with Gasteiger partial charge < -0.3 is 9.84 Å². The molecule has 1 fully saturated rings. The van der Waals surface area contributed by atoms with E-state index in [0.717, 1.165) is 18.0 Å². The van der Waals surface area contributed by atoms with Crippen LogP contribution in [0.4, 0.5) is 0 Å².